The number of nitrogens with zero attached hydrogens (tertiary/aromatic N) is 3. The maximum Gasteiger partial charge on any atom is 0.243 e. The van der Waals surface area contributed by atoms with E-state index in [0.717, 1.165) is 24.1 Å². The first-order valence-electron chi connectivity index (χ1n) is 6.38. The SMILES string of the molecule is Cc1ccn2nc(NCC3CCCC3)nc2c1. The summed E-state index contributed by atoms with van der Waals surface area (Å²) in [6.45, 7) is 3.08. The minimum atomic E-state index is 0.752. The van der Waals surface area contributed by atoms with E-state index in [0.29, 0.717) is 0 Å². The fraction of sp³-hybridized carbons (Fsp3) is 0.538. The van der Waals surface area contributed by atoms with E-state index in [9.17, 15) is 0 Å². The van der Waals surface area contributed by atoms with Gasteiger partial charge in [-0.3, -0.25) is 0 Å². The van der Waals surface area contributed by atoms with Crippen molar-refractivity contribution in [2.24, 2.45) is 5.92 Å². The van der Waals surface area contributed by atoms with E-state index in [1.165, 1.54) is 31.2 Å². The maximum absolute atomic E-state index is 4.48. The van der Waals surface area contributed by atoms with Gasteiger partial charge in [0.15, 0.2) is 5.65 Å². The van der Waals surface area contributed by atoms with Crippen molar-refractivity contribution < 1.29 is 0 Å². The highest BCUT2D eigenvalue weighted by molar-refractivity contribution is 5.45. The molecule has 90 valence electrons. The molecule has 0 aliphatic heterocycles. The molecule has 17 heavy (non-hydrogen) atoms. The highest BCUT2D eigenvalue weighted by Crippen LogP contribution is 2.24. The molecule has 0 amide bonds. The van der Waals surface area contributed by atoms with E-state index in [-0.39, 0.29) is 0 Å². The van der Waals surface area contributed by atoms with Crippen molar-refractivity contribution in [3.05, 3.63) is 23.9 Å². The molecule has 1 saturated carbocycles. The Bertz CT molecular complexity index is 511. The summed E-state index contributed by atoms with van der Waals surface area (Å²) >= 11 is 0. The van der Waals surface area contributed by atoms with Gasteiger partial charge in [0.25, 0.3) is 0 Å². The minimum absolute atomic E-state index is 0.752. The van der Waals surface area contributed by atoms with Crippen molar-refractivity contribution in [3.8, 4) is 0 Å². The average molecular weight is 230 g/mol. The van der Waals surface area contributed by atoms with Gasteiger partial charge in [-0.15, -0.1) is 5.10 Å². The number of pyridine rings is 1. The molecule has 4 nitrogen and oxygen atoms in total. The molecule has 0 aromatic carbocycles. The molecule has 1 aliphatic rings. The number of rotatable bonds is 3. The Balaban J connectivity index is 1.72. The summed E-state index contributed by atoms with van der Waals surface area (Å²) in [7, 11) is 0. The van der Waals surface area contributed by atoms with Crippen LogP contribution < -0.4 is 5.32 Å². The van der Waals surface area contributed by atoms with Gasteiger partial charge in [0.2, 0.25) is 5.95 Å². The molecule has 0 radical (unpaired) electrons. The normalized spacial score (nSPS) is 16.8. The second kappa shape index (κ2) is 4.35. The van der Waals surface area contributed by atoms with Crippen LogP contribution in [0, 0.1) is 12.8 Å². The van der Waals surface area contributed by atoms with Crippen LogP contribution in [-0.4, -0.2) is 21.1 Å². The van der Waals surface area contributed by atoms with Gasteiger partial charge in [-0.1, -0.05) is 12.8 Å². The number of nitrogens with one attached hydrogen (secondary N) is 1. The molecule has 0 spiro atoms. The molecule has 2 heterocycles. The fourth-order valence-corrected chi connectivity index (χ4v) is 2.51. The smallest absolute Gasteiger partial charge is 0.243 e. The lowest BCUT2D eigenvalue weighted by Crippen LogP contribution is -2.11. The van der Waals surface area contributed by atoms with Crippen molar-refractivity contribution in [1.82, 2.24) is 14.6 Å². The quantitative estimate of drug-likeness (QED) is 0.881. The number of aryl methyl sites for hydroxylation is 1. The Morgan fingerprint density at radius 2 is 2.24 bits per heavy atom. The average Bonchev–Trinajstić information content (AvgIpc) is 2.94. The highest BCUT2D eigenvalue weighted by Gasteiger charge is 2.15. The molecule has 2 aromatic heterocycles. The first-order chi connectivity index (χ1) is 8.31. The Morgan fingerprint density at radius 1 is 1.41 bits per heavy atom. The molecule has 0 unspecified atom stereocenters. The van der Waals surface area contributed by atoms with Crippen molar-refractivity contribution in [2.45, 2.75) is 32.6 Å². The Kier molecular flexibility index (Phi) is 2.71. The third kappa shape index (κ3) is 2.25. The van der Waals surface area contributed by atoms with Crippen molar-refractivity contribution in [2.75, 3.05) is 11.9 Å². The summed E-state index contributed by atoms with van der Waals surface area (Å²) < 4.78 is 1.82. The van der Waals surface area contributed by atoms with Gasteiger partial charge in [-0.2, -0.15) is 4.98 Å². The van der Waals surface area contributed by atoms with Crippen LogP contribution in [0.2, 0.25) is 0 Å². The second-order valence-electron chi connectivity index (χ2n) is 4.97. The van der Waals surface area contributed by atoms with Crippen molar-refractivity contribution in [3.63, 3.8) is 0 Å². The van der Waals surface area contributed by atoms with Gasteiger partial charge < -0.3 is 5.32 Å². The molecule has 2 aromatic rings. The molecule has 3 rings (SSSR count). The van der Waals surface area contributed by atoms with Crippen LogP contribution in [0.1, 0.15) is 31.2 Å². The van der Waals surface area contributed by atoms with Crippen LogP contribution in [0.5, 0.6) is 0 Å². The van der Waals surface area contributed by atoms with Crippen LogP contribution in [0.25, 0.3) is 5.65 Å². The fourth-order valence-electron chi connectivity index (χ4n) is 2.51. The van der Waals surface area contributed by atoms with Gasteiger partial charge in [-0.05, 0) is 43.4 Å². The summed E-state index contributed by atoms with van der Waals surface area (Å²) in [5.41, 5.74) is 2.13. The summed E-state index contributed by atoms with van der Waals surface area (Å²) in [6.07, 6.45) is 7.41. The largest absolute Gasteiger partial charge is 0.353 e. The molecular weight excluding hydrogens is 212 g/mol. The number of aromatic nitrogens is 3. The van der Waals surface area contributed by atoms with Crippen molar-refractivity contribution in [1.29, 1.82) is 0 Å². The zero-order chi connectivity index (χ0) is 11.7. The Labute approximate surface area is 101 Å². The lowest BCUT2D eigenvalue weighted by atomic mass is 10.1. The molecule has 0 atom stereocenters. The summed E-state index contributed by atoms with van der Waals surface area (Å²) in [5.74, 6) is 1.56. The molecular formula is C13H18N4. The van der Waals surface area contributed by atoms with Crippen molar-refractivity contribution >= 4 is 11.6 Å². The van der Waals surface area contributed by atoms with Crippen LogP contribution in [0.15, 0.2) is 18.3 Å². The molecule has 1 aliphatic carbocycles. The summed E-state index contributed by atoms with van der Waals surface area (Å²) in [5, 5.41) is 7.76. The number of hydrogen-bond donors (Lipinski definition) is 1. The lowest BCUT2D eigenvalue weighted by Gasteiger charge is -2.07. The van der Waals surface area contributed by atoms with Crippen LogP contribution in [0.3, 0.4) is 0 Å². The molecule has 4 heteroatoms. The summed E-state index contributed by atoms with van der Waals surface area (Å²) in [6, 6.07) is 4.09. The zero-order valence-corrected chi connectivity index (χ0v) is 10.2. The second-order valence-corrected chi connectivity index (χ2v) is 4.97. The monoisotopic (exact) mass is 230 g/mol. The molecule has 0 saturated heterocycles. The third-order valence-corrected chi connectivity index (χ3v) is 3.52. The first-order valence-corrected chi connectivity index (χ1v) is 6.38. The first kappa shape index (κ1) is 10.6. The van der Waals surface area contributed by atoms with E-state index < -0.39 is 0 Å². The molecule has 1 N–H and O–H groups in total. The van der Waals surface area contributed by atoms with Gasteiger partial charge in [-0.25, -0.2) is 4.52 Å². The highest BCUT2D eigenvalue weighted by atomic mass is 15.3. The number of anilines is 1. The van der Waals surface area contributed by atoms with Gasteiger partial charge in [0.1, 0.15) is 0 Å². The van der Waals surface area contributed by atoms with Crippen LogP contribution in [0.4, 0.5) is 5.95 Å². The molecule has 1 fully saturated rings. The predicted octanol–water partition coefficient (Wildman–Crippen LogP) is 2.64. The predicted molar refractivity (Wildman–Crippen MR) is 68.2 cm³/mol. The van der Waals surface area contributed by atoms with Gasteiger partial charge in [0, 0.05) is 12.7 Å². The molecule has 0 bridgehead atoms. The van der Waals surface area contributed by atoms with Crippen LogP contribution in [-0.2, 0) is 0 Å². The Morgan fingerprint density at radius 3 is 3.06 bits per heavy atom. The van der Waals surface area contributed by atoms with E-state index in [1.54, 1.807) is 0 Å². The van der Waals surface area contributed by atoms with Gasteiger partial charge in [0.05, 0.1) is 0 Å². The topological polar surface area (TPSA) is 42.2 Å². The maximum atomic E-state index is 4.48. The van der Waals surface area contributed by atoms with E-state index >= 15 is 0 Å². The Hall–Kier alpha value is -1.58. The van der Waals surface area contributed by atoms with E-state index in [4.69, 9.17) is 0 Å². The minimum Gasteiger partial charge on any atom is -0.353 e. The van der Waals surface area contributed by atoms with E-state index in [1.807, 2.05) is 22.8 Å². The van der Waals surface area contributed by atoms with E-state index in [2.05, 4.69) is 22.3 Å². The summed E-state index contributed by atoms with van der Waals surface area (Å²) in [4.78, 5) is 4.48. The van der Waals surface area contributed by atoms with Crippen LogP contribution >= 0.6 is 0 Å². The number of hydrogen-bond acceptors (Lipinski definition) is 3. The standard InChI is InChI=1S/C13H18N4/c1-10-6-7-17-12(8-10)15-13(16-17)14-9-11-4-2-3-5-11/h6-8,11H,2-5,9H2,1H3,(H,14,16). The zero-order valence-electron chi connectivity index (χ0n) is 10.2. The van der Waals surface area contributed by atoms with Gasteiger partial charge >= 0.3 is 0 Å². The third-order valence-electron chi connectivity index (χ3n) is 3.52. The lowest BCUT2D eigenvalue weighted by molar-refractivity contribution is 0.577. The number of fused-ring (bicyclic) bond motifs is 1.